The number of halogens is 1. The van der Waals surface area contributed by atoms with Crippen molar-refractivity contribution in [2.75, 3.05) is 14.2 Å². The van der Waals surface area contributed by atoms with Gasteiger partial charge in [0.2, 0.25) is 0 Å². The van der Waals surface area contributed by atoms with Gasteiger partial charge in [-0.15, -0.1) is 0 Å². The quantitative estimate of drug-likeness (QED) is 0.708. The van der Waals surface area contributed by atoms with Crippen LogP contribution in [-0.4, -0.2) is 31.3 Å². The third kappa shape index (κ3) is 5.21. The van der Waals surface area contributed by atoms with E-state index in [0.717, 1.165) is 22.9 Å². The van der Waals surface area contributed by atoms with Crippen LogP contribution in [0.2, 0.25) is 0 Å². The van der Waals surface area contributed by atoms with Gasteiger partial charge in [-0.05, 0) is 24.1 Å². The fraction of sp³-hybridized carbons (Fsp3) is 0.533. The number of aliphatic carboxylic acids is 1. The number of unbranched alkanes of at least 4 members (excludes halogenated alkanes) is 1. The molecule has 0 aliphatic rings. The summed E-state index contributed by atoms with van der Waals surface area (Å²) in [5.41, 5.74) is 0.926. The van der Waals surface area contributed by atoms with Crippen LogP contribution in [0.3, 0.4) is 0 Å². The Morgan fingerprint density at radius 1 is 1.33 bits per heavy atom. The summed E-state index contributed by atoms with van der Waals surface area (Å²) in [7, 11) is 3.15. The van der Waals surface area contributed by atoms with E-state index in [9.17, 15) is 9.90 Å². The van der Waals surface area contributed by atoms with Gasteiger partial charge >= 0.3 is 5.97 Å². The van der Waals surface area contributed by atoms with Crippen molar-refractivity contribution in [1.29, 1.82) is 0 Å². The number of ether oxygens (including phenoxy) is 2. The molecule has 5 nitrogen and oxygen atoms in total. The third-order valence-electron chi connectivity index (χ3n) is 3.24. The number of rotatable bonds is 9. The number of hydrogen-bond acceptors (Lipinski definition) is 4. The summed E-state index contributed by atoms with van der Waals surface area (Å²) in [6.45, 7) is 2.49. The van der Waals surface area contributed by atoms with Crippen LogP contribution in [0.5, 0.6) is 11.5 Å². The minimum atomic E-state index is -0.819. The van der Waals surface area contributed by atoms with Crippen molar-refractivity contribution in [3.05, 3.63) is 22.2 Å². The second-order valence-electron chi connectivity index (χ2n) is 4.71. The number of carboxylic acids is 1. The summed E-state index contributed by atoms with van der Waals surface area (Å²) < 4.78 is 11.3. The molecule has 2 N–H and O–H groups in total. The molecule has 0 fully saturated rings. The molecule has 0 spiro atoms. The Morgan fingerprint density at radius 2 is 1.95 bits per heavy atom. The molecule has 21 heavy (non-hydrogen) atoms. The maximum atomic E-state index is 11.2. The van der Waals surface area contributed by atoms with E-state index in [4.69, 9.17) is 9.47 Å². The van der Waals surface area contributed by atoms with Gasteiger partial charge in [-0.2, -0.15) is 0 Å². The molecule has 1 atom stereocenters. The first-order valence-electron chi connectivity index (χ1n) is 6.90. The van der Waals surface area contributed by atoms with Crippen LogP contribution < -0.4 is 14.8 Å². The van der Waals surface area contributed by atoms with Gasteiger partial charge in [0.05, 0.1) is 14.2 Å². The van der Waals surface area contributed by atoms with Crippen LogP contribution in [0.25, 0.3) is 0 Å². The maximum absolute atomic E-state index is 11.2. The number of carboxylic acid groups (broad SMARTS) is 1. The molecule has 118 valence electrons. The summed E-state index contributed by atoms with van der Waals surface area (Å²) in [5, 5.41) is 12.3. The first kappa shape index (κ1) is 17.8. The van der Waals surface area contributed by atoms with Crippen molar-refractivity contribution >= 4 is 21.9 Å². The predicted octanol–water partition coefficient (Wildman–Crippen LogP) is 3.20. The fourth-order valence-electron chi connectivity index (χ4n) is 1.99. The zero-order valence-corrected chi connectivity index (χ0v) is 14.2. The normalized spacial score (nSPS) is 12.0. The molecule has 0 heterocycles. The minimum absolute atomic E-state index is 0.446. The van der Waals surface area contributed by atoms with Gasteiger partial charge < -0.3 is 19.9 Å². The summed E-state index contributed by atoms with van der Waals surface area (Å²) in [6.07, 6.45) is 2.49. The molecule has 0 saturated carbocycles. The molecule has 0 saturated heterocycles. The number of carbonyl (C=O) groups is 1. The molecule has 1 unspecified atom stereocenters. The van der Waals surface area contributed by atoms with Gasteiger partial charge in [0.15, 0.2) is 11.5 Å². The number of hydrogen-bond donors (Lipinski definition) is 2. The topological polar surface area (TPSA) is 67.8 Å². The van der Waals surface area contributed by atoms with Crippen molar-refractivity contribution < 1.29 is 19.4 Å². The second-order valence-corrected chi connectivity index (χ2v) is 5.57. The predicted molar refractivity (Wildman–Crippen MR) is 85.0 cm³/mol. The van der Waals surface area contributed by atoms with Gasteiger partial charge in [-0.3, -0.25) is 4.79 Å². The number of methoxy groups -OCH3 is 2. The highest BCUT2D eigenvalue weighted by atomic mass is 79.9. The lowest BCUT2D eigenvalue weighted by molar-refractivity contribution is -0.139. The average Bonchev–Trinajstić information content (AvgIpc) is 2.47. The van der Waals surface area contributed by atoms with Crippen LogP contribution in [0.4, 0.5) is 0 Å². The Kier molecular flexibility index (Phi) is 7.53. The van der Waals surface area contributed by atoms with Crippen molar-refractivity contribution in [3.8, 4) is 11.5 Å². The Bertz CT molecular complexity index is 479. The molecule has 0 aliphatic heterocycles. The zero-order chi connectivity index (χ0) is 15.8. The van der Waals surface area contributed by atoms with Crippen molar-refractivity contribution in [3.63, 3.8) is 0 Å². The molecular weight excluding hydrogens is 338 g/mol. The second kappa shape index (κ2) is 8.89. The lowest BCUT2D eigenvalue weighted by Crippen LogP contribution is -2.36. The molecule has 0 bridgehead atoms. The smallest absolute Gasteiger partial charge is 0.320 e. The Balaban J connectivity index is 2.79. The zero-order valence-electron chi connectivity index (χ0n) is 12.6. The third-order valence-corrected chi connectivity index (χ3v) is 3.97. The molecule has 0 aliphatic carbocycles. The Morgan fingerprint density at radius 3 is 2.48 bits per heavy atom. The highest BCUT2D eigenvalue weighted by molar-refractivity contribution is 9.10. The first-order valence-corrected chi connectivity index (χ1v) is 7.69. The largest absolute Gasteiger partial charge is 0.493 e. The molecule has 0 aromatic heterocycles. The van der Waals surface area contributed by atoms with E-state index in [-0.39, 0.29) is 0 Å². The van der Waals surface area contributed by atoms with Crippen LogP contribution in [0, 0.1) is 0 Å². The lowest BCUT2D eigenvalue weighted by atomic mass is 10.1. The van der Waals surface area contributed by atoms with E-state index in [1.165, 1.54) is 0 Å². The Hall–Kier alpha value is -1.27. The first-order chi connectivity index (χ1) is 10.0. The highest BCUT2D eigenvalue weighted by Gasteiger charge is 2.17. The summed E-state index contributed by atoms with van der Waals surface area (Å²) in [6, 6.07) is 3.12. The summed E-state index contributed by atoms with van der Waals surface area (Å²) >= 11 is 3.47. The summed E-state index contributed by atoms with van der Waals surface area (Å²) in [4.78, 5) is 11.2. The Labute approximate surface area is 133 Å². The molecule has 1 aromatic carbocycles. The van der Waals surface area contributed by atoms with Crippen molar-refractivity contribution in [1.82, 2.24) is 5.32 Å². The van der Waals surface area contributed by atoms with Gasteiger partial charge in [0, 0.05) is 11.0 Å². The van der Waals surface area contributed by atoms with E-state index in [1.54, 1.807) is 14.2 Å². The van der Waals surface area contributed by atoms with Crippen LogP contribution in [0.15, 0.2) is 16.6 Å². The van der Waals surface area contributed by atoms with E-state index >= 15 is 0 Å². The molecule has 6 heteroatoms. The molecule has 1 aromatic rings. The SMILES string of the molecule is CCCCC(NCc1cc(OC)c(OC)cc1Br)C(=O)O. The summed E-state index contributed by atoms with van der Waals surface area (Å²) in [5.74, 6) is 0.437. The fourth-order valence-corrected chi connectivity index (χ4v) is 2.45. The lowest BCUT2D eigenvalue weighted by Gasteiger charge is -2.16. The van der Waals surface area contributed by atoms with E-state index < -0.39 is 12.0 Å². The van der Waals surface area contributed by atoms with E-state index in [0.29, 0.717) is 24.5 Å². The van der Waals surface area contributed by atoms with Crippen molar-refractivity contribution in [2.24, 2.45) is 0 Å². The van der Waals surface area contributed by atoms with Gasteiger partial charge in [-0.1, -0.05) is 35.7 Å². The minimum Gasteiger partial charge on any atom is -0.493 e. The molecular formula is C15H22BrNO4. The molecule has 0 radical (unpaired) electrons. The standard InChI is InChI=1S/C15H22BrNO4/c1-4-5-6-12(15(18)19)17-9-10-7-13(20-2)14(21-3)8-11(10)16/h7-8,12,17H,4-6,9H2,1-3H3,(H,18,19). The van der Waals surface area contributed by atoms with Crippen LogP contribution in [-0.2, 0) is 11.3 Å². The van der Waals surface area contributed by atoms with E-state index in [1.807, 2.05) is 19.1 Å². The average molecular weight is 360 g/mol. The van der Waals surface area contributed by atoms with Gasteiger partial charge in [0.25, 0.3) is 0 Å². The van der Waals surface area contributed by atoms with Gasteiger partial charge in [-0.25, -0.2) is 0 Å². The number of nitrogens with one attached hydrogen (secondary N) is 1. The molecule has 0 amide bonds. The molecule has 1 rings (SSSR count). The maximum Gasteiger partial charge on any atom is 0.320 e. The van der Waals surface area contributed by atoms with E-state index in [2.05, 4.69) is 21.2 Å². The van der Waals surface area contributed by atoms with Gasteiger partial charge in [0.1, 0.15) is 6.04 Å². The van der Waals surface area contributed by atoms with Crippen LogP contribution >= 0.6 is 15.9 Å². The van der Waals surface area contributed by atoms with Crippen molar-refractivity contribution in [2.45, 2.75) is 38.8 Å². The highest BCUT2D eigenvalue weighted by Crippen LogP contribution is 2.33. The number of benzene rings is 1. The monoisotopic (exact) mass is 359 g/mol. The van der Waals surface area contributed by atoms with Crippen LogP contribution in [0.1, 0.15) is 31.7 Å².